The van der Waals surface area contributed by atoms with E-state index in [-0.39, 0.29) is 29.4 Å². The highest BCUT2D eigenvalue weighted by atomic mass is 16.8. The SMILES string of the molecule is COC(=O)[C@@H]1[C@@H](c2ccccc2)[C@]2(c3ccc(OC)cc3)Oc3cc(O[C@@H]4O[C@@H]([C@@H](O)CO)CO[C@@H]4OC)cc(OC)c3[C@]2(O)[C@H]1O. The lowest BCUT2D eigenvalue weighted by Gasteiger charge is -2.40. The third-order valence-electron chi connectivity index (χ3n) is 9.25. The molecule has 2 aliphatic heterocycles. The molecule has 0 bridgehead atoms. The Hall–Kier alpha value is -3.95. The van der Waals surface area contributed by atoms with E-state index in [1.807, 2.05) is 6.07 Å². The Labute approximate surface area is 271 Å². The second kappa shape index (κ2) is 12.9. The molecule has 252 valence electrons. The summed E-state index contributed by atoms with van der Waals surface area (Å²) in [5, 5.41) is 44.7. The molecule has 3 aliphatic rings. The smallest absolute Gasteiger partial charge is 0.312 e. The molecule has 0 amide bonds. The number of hydrogen-bond acceptors (Lipinski definition) is 13. The molecular formula is C34H38O13. The van der Waals surface area contributed by atoms with Crippen molar-refractivity contribution >= 4 is 5.97 Å². The zero-order chi connectivity index (χ0) is 33.5. The second-order valence-electron chi connectivity index (χ2n) is 11.6. The predicted octanol–water partition coefficient (Wildman–Crippen LogP) is 1.57. The third-order valence-corrected chi connectivity index (χ3v) is 9.25. The molecule has 47 heavy (non-hydrogen) atoms. The average molecular weight is 655 g/mol. The Morgan fingerprint density at radius 2 is 1.70 bits per heavy atom. The van der Waals surface area contributed by atoms with Crippen molar-refractivity contribution in [2.75, 3.05) is 41.7 Å². The molecule has 2 heterocycles. The quantitative estimate of drug-likeness (QED) is 0.233. The lowest BCUT2D eigenvalue weighted by Crippen LogP contribution is -2.52. The van der Waals surface area contributed by atoms with Crippen LogP contribution in [0.15, 0.2) is 66.7 Å². The number of benzene rings is 3. The van der Waals surface area contributed by atoms with Gasteiger partial charge in [0.1, 0.15) is 41.3 Å². The van der Waals surface area contributed by atoms with Crippen molar-refractivity contribution in [2.45, 2.75) is 48.0 Å². The number of ether oxygens (including phenoxy) is 8. The Kier molecular flexibility index (Phi) is 9.06. The fourth-order valence-corrected chi connectivity index (χ4v) is 7.11. The summed E-state index contributed by atoms with van der Waals surface area (Å²) in [5.74, 6) is -2.05. The van der Waals surface area contributed by atoms with E-state index in [4.69, 9.17) is 37.9 Å². The van der Waals surface area contributed by atoms with Gasteiger partial charge in [0.15, 0.2) is 11.2 Å². The first-order valence-electron chi connectivity index (χ1n) is 15.0. The summed E-state index contributed by atoms with van der Waals surface area (Å²) in [4.78, 5) is 13.5. The zero-order valence-electron chi connectivity index (χ0n) is 26.3. The molecule has 3 aromatic carbocycles. The van der Waals surface area contributed by atoms with Crippen molar-refractivity contribution in [1.29, 1.82) is 0 Å². The topological polar surface area (TPSA) is 172 Å². The Balaban J connectivity index is 1.52. The molecule has 1 saturated heterocycles. The first kappa shape index (κ1) is 33.0. The molecule has 13 nitrogen and oxygen atoms in total. The average Bonchev–Trinajstić information content (AvgIpc) is 3.49. The number of rotatable bonds is 10. The fraction of sp³-hybridized carbons (Fsp3) is 0.441. The summed E-state index contributed by atoms with van der Waals surface area (Å²) in [6, 6.07) is 18.8. The monoisotopic (exact) mass is 654 g/mol. The van der Waals surface area contributed by atoms with Crippen molar-refractivity contribution in [3.63, 3.8) is 0 Å². The normalized spacial score (nSPS) is 31.7. The molecule has 0 radical (unpaired) electrons. The van der Waals surface area contributed by atoms with Crippen molar-refractivity contribution in [3.8, 4) is 23.0 Å². The number of fused-ring (bicyclic) bond motifs is 3. The molecule has 0 aromatic heterocycles. The van der Waals surface area contributed by atoms with E-state index in [1.54, 1.807) is 48.5 Å². The van der Waals surface area contributed by atoms with Crippen LogP contribution in [0, 0.1) is 5.92 Å². The van der Waals surface area contributed by atoms with Crippen LogP contribution in [0.3, 0.4) is 0 Å². The zero-order valence-corrected chi connectivity index (χ0v) is 26.3. The van der Waals surface area contributed by atoms with Gasteiger partial charge in [0, 0.05) is 25.2 Å². The van der Waals surface area contributed by atoms with Gasteiger partial charge in [-0.3, -0.25) is 4.79 Å². The number of carbonyl (C=O) groups is 1. The van der Waals surface area contributed by atoms with Crippen LogP contribution in [0.5, 0.6) is 23.0 Å². The van der Waals surface area contributed by atoms with Crippen molar-refractivity contribution < 1.29 is 63.1 Å². The maximum absolute atomic E-state index is 13.5. The Bertz CT molecular complexity index is 1570. The van der Waals surface area contributed by atoms with E-state index in [0.29, 0.717) is 16.9 Å². The van der Waals surface area contributed by atoms with Crippen molar-refractivity contribution in [2.24, 2.45) is 5.92 Å². The molecule has 4 N–H and O–H groups in total. The van der Waals surface area contributed by atoms with Gasteiger partial charge in [-0.15, -0.1) is 0 Å². The van der Waals surface area contributed by atoms with Gasteiger partial charge in [-0.05, 0) is 23.3 Å². The molecule has 9 atom stereocenters. The summed E-state index contributed by atoms with van der Waals surface area (Å²) >= 11 is 0. The van der Waals surface area contributed by atoms with Crippen LogP contribution in [0.2, 0.25) is 0 Å². The molecule has 0 spiro atoms. The number of methoxy groups -OCH3 is 4. The number of hydrogen-bond donors (Lipinski definition) is 4. The standard InChI is InChI=1S/C34H38O13/c1-40-20-12-10-19(11-13-20)34-27(18-8-6-5-7-9-18)26(30(38)42-3)29(37)33(34,39)28-23(41-2)14-21(15-24(28)47-34)45-32-31(43-4)44-17-25(46-32)22(36)16-35/h5-15,22,25-27,29,31-32,35-37,39H,16-17H2,1-4H3/t22-,25+,26+,27+,29-,31-,32+,33-,34-/m0/s1. The highest BCUT2D eigenvalue weighted by Gasteiger charge is 2.78. The number of aliphatic hydroxyl groups is 4. The van der Waals surface area contributed by atoms with Gasteiger partial charge in [-0.25, -0.2) is 0 Å². The molecule has 2 fully saturated rings. The minimum atomic E-state index is -2.25. The lowest BCUT2D eigenvalue weighted by atomic mass is 9.70. The van der Waals surface area contributed by atoms with E-state index in [9.17, 15) is 25.2 Å². The maximum atomic E-state index is 13.5. The summed E-state index contributed by atoms with van der Waals surface area (Å²) in [5.41, 5.74) is -2.88. The number of aliphatic hydroxyl groups excluding tert-OH is 3. The lowest BCUT2D eigenvalue weighted by molar-refractivity contribution is -0.324. The Morgan fingerprint density at radius 3 is 2.32 bits per heavy atom. The van der Waals surface area contributed by atoms with Crippen molar-refractivity contribution in [1.82, 2.24) is 0 Å². The first-order chi connectivity index (χ1) is 22.7. The van der Waals surface area contributed by atoms with E-state index < -0.39 is 66.5 Å². The van der Waals surface area contributed by atoms with Gasteiger partial charge in [-0.1, -0.05) is 42.5 Å². The molecule has 13 heteroatoms. The van der Waals surface area contributed by atoms with Crippen LogP contribution < -0.4 is 18.9 Å². The molecular weight excluding hydrogens is 616 g/mol. The van der Waals surface area contributed by atoms with Gasteiger partial charge in [0.05, 0.1) is 46.0 Å². The maximum Gasteiger partial charge on any atom is 0.312 e. The molecule has 0 unspecified atom stereocenters. The van der Waals surface area contributed by atoms with Crippen molar-refractivity contribution in [3.05, 3.63) is 83.4 Å². The minimum absolute atomic E-state index is 0.0474. The first-order valence-corrected chi connectivity index (χ1v) is 15.0. The highest BCUT2D eigenvalue weighted by Crippen LogP contribution is 2.70. The summed E-state index contributed by atoms with van der Waals surface area (Å²) in [7, 11) is 5.54. The predicted molar refractivity (Wildman–Crippen MR) is 162 cm³/mol. The largest absolute Gasteiger partial charge is 0.497 e. The van der Waals surface area contributed by atoms with Gasteiger partial charge in [-0.2, -0.15) is 0 Å². The summed E-state index contributed by atoms with van der Waals surface area (Å²) in [6.45, 7) is -0.601. The Morgan fingerprint density at radius 1 is 0.979 bits per heavy atom. The van der Waals surface area contributed by atoms with E-state index >= 15 is 0 Å². The van der Waals surface area contributed by atoms with Crippen LogP contribution in [-0.4, -0.2) is 98.9 Å². The molecule has 1 aliphatic carbocycles. The van der Waals surface area contributed by atoms with Crippen LogP contribution in [0.4, 0.5) is 0 Å². The number of carbonyl (C=O) groups excluding carboxylic acids is 1. The van der Waals surface area contributed by atoms with E-state index in [2.05, 4.69) is 0 Å². The summed E-state index contributed by atoms with van der Waals surface area (Å²) < 4.78 is 46.2. The minimum Gasteiger partial charge on any atom is -0.497 e. The van der Waals surface area contributed by atoms with Crippen LogP contribution in [-0.2, 0) is 34.9 Å². The molecule has 1 saturated carbocycles. The van der Waals surface area contributed by atoms with Gasteiger partial charge in [0.25, 0.3) is 6.29 Å². The highest BCUT2D eigenvalue weighted by molar-refractivity contribution is 5.78. The van der Waals surface area contributed by atoms with Crippen LogP contribution in [0.25, 0.3) is 0 Å². The fourth-order valence-electron chi connectivity index (χ4n) is 7.11. The second-order valence-corrected chi connectivity index (χ2v) is 11.6. The molecule has 3 aromatic rings. The van der Waals surface area contributed by atoms with Gasteiger partial charge >= 0.3 is 5.97 Å². The third kappa shape index (κ3) is 5.10. The van der Waals surface area contributed by atoms with Crippen LogP contribution >= 0.6 is 0 Å². The van der Waals surface area contributed by atoms with Crippen LogP contribution in [0.1, 0.15) is 22.6 Å². The molecule has 6 rings (SSSR count). The van der Waals surface area contributed by atoms with E-state index in [1.165, 1.54) is 40.6 Å². The van der Waals surface area contributed by atoms with E-state index in [0.717, 1.165) is 0 Å². The van der Waals surface area contributed by atoms with Gasteiger partial charge in [0.2, 0.25) is 6.29 Å². The van der Waals surface area contributed by atoms with Gasteiger partial charge < -0.3 is 58.3 Å². The number of esters is 1. The summed E-state index contributed by atoms with van der Waals surface area (Å²) in [6.07, 6.45) is -6.03.